The molecule has 0 aromatic heterocycles. The first-order valence-electron chi connectivity index (χ1n) is 8.47. The Balaban J connectivity index is 1.96. The second-order valence-corrected chi connectivity index (χ2v) is 6.02. The molecule has 0 saturated heterocycles. The van der Waals surface area contributed by atoms with Crippen molar-refractivity contribution in [2.24, 2.45) is 10.2 Å². The SMILES string of the molecule is CCOc1ccccc1[N+]12C=CC=CC1=NN=C2c1ccccc1C. The number of aryl methyl sites for hydroxylation is 1. The number of nitrogens with zero attached hydrogens (tertiary/aromatic N) is 3. The van der Waals surface area contributed by atoms with Crippen LogP contribution in [0.5, 0.6) is 5.75 Å². The molecule has 25 heavy (non-hydrogen) atoms. The Bertz CT molecular complexity index is 940. The Hall–Kier alpha value is -2.98. The summed E-state index contributed by atoms with van der Waals surface area (Å²) in [4.78, 5) is 0. The molecular formula is C21H20N3O+. The van der Waals surface area contributed by atoms with Crippen LogP contribution in [0.25, 0.3) is 0 Å². The van der Waals surface area contributed by atoms with Crippen LogP contribution in [0.2, 0.25) is 0 Å². The predicted octanol–water partition coefficient (Wildman–Crippen LogP) is 4.56. The number of benzene rings is 2. The van der Waals surface area contributed by atoms with Crippen molar-refractivity contribution in [1.29, 1.82) is 0 Å². The van der Waals surface area contributed by atoms with Crippen molar-refractivity contribution < 1.29 is 4.74 Å². The Morgan fingerprint density at radius 3 is 2.60 bits per heavy atom. The molecule has 4 rings (SSSR count). The third-order valence-corrected chi connectivity index (χ3v) is 4.54. The molecule has 2 heterocycles. The first kappa shape index (κ1) is 15.5. The fourth-order valence-electron chi connectivity index (χ4n) is 3.38. The van der Waals surface area contributed by atoms with Crippen LogP contribution in [-0.4, -0.2) is 18.3 Å². The normalized spacial score (nSPS) is 20.9. The van der Waals surface area contributed by atoms with Crippen LogP contribution < -0.4 is 9.22 Å². The monoisotopic (exact) mass is 330 g/mol. The topological polar surface area (TPSA) is 34.0 Å². The van der Waals surface area contributed by atoms with Gasteiger partial charge in [-0.25, -0.2) is 0 Å². The van der Waals surface area contributed by atoms with E-state index in [1.807, 2.05) is 55.5 Å². The molecule has 4 heteroatoms. The Morgan fingerprint density at radius 1 is 0.960 bits per heavy atom. The van der Waals surface area contributed by atoms with Crippen molar-refractivity contribution in [1.82, 2.24) is 4.48 Å². The maximum Gasteiger partial charge on any atom is 0.270 e. The van der Waals surface area contributed by atoms with Crippen LogP contribution in [0.15, 0.2) is 83.2 Å². The number of hydrogen-bond acceptors (Lipinski definition) is 3. The Kier molecular flexibility index (Phi) is 3.82. The molecule has 2 aliphatic heterocycles. The molecule has 0 spiro atoms. The van der Waals surface area contributed by atoms with Gasteiger partial charge in [0.15, 0.2) is 11.4 Å². The van der Waals surface area contributed by atoms with Gasteiger partial charge in [-0.05, 0) is 43.7 Å². The van der Waals surface area contributed by atoms with E-state index in [2.05, 4.69) is 41.5 Å². The highest BCUT2D eigenvalue weighted by molar-refractivity contribution is 6.27. The molecule has 2 aromatic rings. The lowest BCUT2D eigenvalue weighted by atomic mass is 10.0. The Labute approximate surface area is 147 Å². The van der Waals surface area contributed by atoms with Crippen molar-refractivity contribution in [2.75, 3.05) is 6.61 Å². The summed E-state index contributed by atoms with van der Waals surface area (Å²) >= 11 is 0. The smallest absolute Gasteiger partial charge is 0.270 e. The summed E-state index contributed by atoms with van der Waals surface area (Å²) in [6.07, 6.45) is 8.17. The van der Waals surface area contributed by atoms with Crippen LogP contribution in [-0.2, 0) is 0 Å². The van der Waals surface area contributed by atoms with Crippen LogP contribution >= 0.6 is 0 Å². The van der Waals surface area contributed by atoms with E-state index in [4.69, 9.17) is 4.74 Å². The van der Waals surface area contributed by atoms with Gasteiger partial charge in [-0.3, -0.25) is 0 Å². The first-order chi connectivity index (χ1) is 12.3. The average Bonchev–Trinajstić information content (AvgIpc) is 3.03. The van der Waals surface area contributed by atoms with Crippen molar-refractivity contribution in [2.45, 2.75) is 13.8 Å². The summed E-state index contributed by atoms with van der Waals surface area (Å²) in [6, 6.07) is 16.4. The highest BCUT2D eigenvalue weighted by Gasteiger charge is 2.48. The molecular weight excluding hydrogens is 310 g/mol. The molecule has 0 N–H and O–H groups in total. The van der Waals surface area contributed by atoms with Gasteiger partial charge in [-0.15, -0.1) is 0 Å². The van der Waals surface area contributed by atoms with Crippen molar-refractivity contribution in [3.63, 3.8) is 0 Å². The quantitative estimate of drug-likeness (QED) is 0.757. The number of fused-ring (bicyclic) bond motifs is 1. The second kappa shape index (κ2) is 6.15. The maximum atomic E-state index is 5.92. The Morgan fingerprint density at radius 2 is 1.76 bits per heavy atom. The van der Waals surface area contributed by atoms with Crippen molar-refractivity contribution in [3.05, 3.63) is 84.1 Å². The molecule has 0 saturated carbocycles. The van der Waals surface area contributed by atoms with E-state index in [0.29, 0.717) is 11.1 Å². The van der Waals surface area contributed by atoms with Crippen LogP contribution in [0.4, 0.5) is 5.69 Å². The molecule has 124 valence electrons. The van der Waals surface area contributed by atoms with E-state index >= 15 is 0 Å². The fourth-order valence-corrected chi connectivity index (χ4v) is 3.38. The molecule has 1 unspecified atom stereocenters. The third kappa shape index (κ3) is 2.34. The number of hydrogen-bond donors (Lipinski definition) is 0. The lowest BCUT2D eigenvalue weighted by Gasteiger charge is -2.32. The van der Waals surface area contributed by atoms with E-state index in [1.165, 1.54) is 5.56 Å². The number of ether oxygens (including phenoxy) is 1. The van der Waals surface area contributed by atoms with Crippen LogP contribution in [0, 0.1) is 6.92 Å². The molecule has 2 aliphatic rings. The van der Waals surface area contributed by atoms with E-state index in [9.17, 15) is 0 Å². The molecule has 0 amide bonds. The van der Waals surface area contributed by atoms with Gasteiger partial charge in [0.2, 0.25) is 0 Å². The molecule has 4 nitrogen and oxygen atoms in total. The number of quaternary nitrogens is 1. The van der Waals surface area contributed by atoms with Crippen molar-refractivity contribution >= 4 is 17.4 Å². The van der Waals surface area contributed by atoms with Gasteiger partial charge in [0.25, 0.3) is 11.7 Å². The molecule has 1 atom stereocenters. The summed E-state index contributed by atoms with van der Waals surface area (Å²) in [7, 11) is 0. The predicted molar refractivity (Wildman–Crippen MR) is 103 cm³/mol. The summed E-state index contributed by atoms with van der Waals surface area (Å²) in [5.74, 6) is 2.61. The van der Waals surface area contributed by atoms with Gasteiger partial charge in [0.05, 0.1) is 12.2 Å². The number of rotatable bonds is 4. The molecule has 2 aromatic carbocycles. The molecule has 0 aliphatic carbocycles. The molecule has 0 fully saturated rings. The minimum atomic E-state index is 0.345. The van der Waals surface area contributed by atoms with E-state index in [0.717, 1.165) is 28.7 Å². The number of para-hydroxylation sites is 2. The molecule has 0 radical (unpaired) electrons. The minimum absolute atomic E-state index is 0.345. The lowest BCUT2D eigenvalue weighted by molar-refractivity contribution is 0.338. The van der Waals surface area contributed by atoms with Gasteiger partial charge in [0, 0.05) is 12.1 Å². The van der Waals surface area contributed by atoms with Crippen LogP contribution in [0.1, 0.15) is 18.1 Å². The summed E-state index contributed by atoms with van der Waals surface area (Å²) < 4.78 is 6.27. The first-order valence-corrected chi connectivity index (χ1v) is 8.47. The van der Waals surface area contributed by atoms with E-state index < -0.39 is 0 Å². The standard InChI is InChI=1S/C21H20N3O/c1-3-25-19-13-7-6-12-18(19)24-15-9-8-14-20(24)22-23-21(24)17-11-5-4-10-16(17)2/h4-15H,3H2,1-2H3/q+1. The molecule has 0 bridgehead atoms. The van der Waals surface area contributed by atoms with E-state index in [-0.39, 0.29) is 0 Å². The minimum Gasteiger partial charge on any atom is -0.488 e. The largest absolute Gasteiger partial charge is 0.488 e. The average molecular weight is 330 g/mol. The van der Waals surface area contributed by atoms with Gasteiger partial charge in [-0.2, -0.15) is 4.48 Å². The zero-order chi connectivity index (χ0) is 17.3. The highest BCUT2D eigenvalue weighted by atomic mass is 16.5. The zero-order valence-corrected chi connectivity index (χ0v) is 14.4. The van der Waals surface area contributed by atoms with Gasteiger partial charge in [-0.1, -0.05) is 40.5 Å². The number of allylic oxidation sites excluding steroid dienone is 2. The number of amidine groups is 2. The lowest BCUT2D eigenvalue weighted by Crippen LogP contribution is -2.52. The fraction of sp³-hybridized carbons (Fsp3) is 0.143. The zero-order valence-electron chi connectivity index (χ0n) is 14.4. The van der Waals surface area contributed by atoms with Gasteiger partial charge in [0.1, 0.15) is 6.20 Å². The highest BCUT2D eigenvalue weighted by Crippen LogP contribution is 2.40. The third-order valence-electron chi connectivity index (χ3n) is 4.54. The van der Waals surface area contributed by atoms with Crippen LogP contribution in [0.3, 0.4) is 0 Å². The summed E-state index contributed by atoms with van der Waals surface area (Å²) in [6.45, 7) is 4.71. The van der Waals surface area contributed by atoms with Crippen molar-refractivity contribution in [3.8, 4) is 5.75 Å². The van der Waals surface area contributed by atoms with Gasteiger partial charge >= 0.3 is 0 Å². The summed E-state index contributed by atoms with van der Waals surface area (Å²) in [5.41, 5.74) is 3.28. The maximum absolute atomic E-state index is 5.92. The van der Waals surface area contributed by atoms with E-state index in [1.54, 1.807) is 0 Å². The second-order valence-electron chi connectivity index (χ2n) is 6.02. The van der Waals surface area contributed by atoms with Gasteiger partial charge < -0.3 is 4.74 Å². The summed E-state index contributed by atoms with van der Waals surface area (Å²) in [5, 5.41) is 9.07.